The van der Waals surface area contributed by atoms with Crippen LogP contribution in [-0.4, -0.2) is 47.0 Å². The lowest BCUT2D eigenvalue weighted by atomic mass is 10.00. The molecule has 2 aromatic rings. The zero-order chi connectivity index (χ0) is 20.1. The van der Waals surface area contributed by atoms with Crippen LogP contribution >= 0.6 is 0 Å². The normalized spacial score (nSPS) is 16.7. The van der Waals surface area contributed by atoms with E-state index in [1.165, 1.54) is 12.1 Å². The molecule has 1 atom stereocenters. The number of anilines is 3. The van der Waals surface area contributed by atoms with Crippen molar-refractivity contribution in [3.63, 3.8) is 0 Å². The third-order valence-electron chi connectivity index (χ3n) is 5.27. The second kappa shape index (κ2) is 9.04. The van der Waals surface area contributed by atoms with E-state index in [4.69, 9.17) is 0 Å². The van der Waals surface area contributed by atoms with Crippen LogP contribution in [0.5, 0.6) is 0 Å². The van der Waals surface area contributed by atoms with Crippen LogP contribution in [0.15, 0.2) is 30.3 Å². The first-order chi connectivity index (χ1) is 13.5. The summed E-state index contributed by atoms with van der Waals surface area (Å²) in [6.07, 6.45) is 2.24. The van der Waals surface area contributed by atoms with Gasteiger partial charge in [-0.3, -0.25) is 4.79 Å². The predicted octanol–water partition coefficient (Wildman–Crippen LogP) is 4.25. The molecule has 0 bridgehead atoms. The Hall–Kier alpha value is -2.63. The number of carbonyl (C=O) groups is 1. The van der Waals surface area contributed by atoms with E-state index in [0.717, 1.165) is 44.0 Å². The minimum Gasteiger partial charge on any atom is -0.372 e. The minimum atomic E-state index is -0.00280. The molecule has 6 nitrogen and oxygen atoms in total. The van der Waals surface area contributed by atoms with Crippen LogP contribution in [0.3, 0.4) is 0 Å². The van der Waals surface area contributed by atoms with Gasteiger partial charge in [-0.05, 0) is 69.9 Å². The number of aryl methyl sites for hydroxylation is 1. The van der Waals surface area contributed by atoms with Crippen molar-refractivity contribution in [3.05, 3.63) is 41.7 Å². The van der Waals surface area contributed by atoms with Crippen molar-refractivity contribution in [1.29, 1.82) is 0 Å². The van der Waals surface area contributed by atoms with Crippen molar-refractivity contribution in [2.75, 3.05) is 36.4 Å². The Morgan fingerprint density at radius 3 is 2.57 bits per heavy atom. The molecule has 28 heavy (non-hydrogen) atoms. The molecular weight excluding hydrogens is 350 g/mol. The standard InChI is InChI=1S/C22H31N5O/c1-5-26(6-2)19-11-9-18(10-12-19)24-22-23-17(4)14-20(25-22)21(28)27-13-7-8-16(3)15-27/h9-12,14,16H,5-8,13,15H2,1-4H3,(H,23,24,25). The van der Waals surface area contributed by atoms with Crippen molar-refractivity contribution in [3.8, 4) is 0 Å². The third kappa shape index (κ3) is 4.80. The number of nitrogens with zero attached hydrogens (tertiary/aromatic N) is 4. The second-order valence-electron chi connectivity index (χ2n) is 7.56. The minimum absolute atomic E-state index is 0.00280. The molecule has 0 radical (unpaired) electrons. The Morgan fingerprint density at radius 1 is 1.21 bits per heavy atom. The van der Waals surface area contributed by atoms with Gasteiger partial charge in [0, 0.05) is 43.2 Å². The first kappa shape index (κ1) is 20.1. The number of aromatic nitrogens is 2. The van der Waals surface area contributed by atoms with E-state index in [0.29, 0.717) is 17.6 Å². The second-order valence-corrected chi connectivity index (χ2v) is 7.56. The fourth-order valence-corrected chi connectivity index (χ4v) is 3.74. The highest BCUT2D eigenvalue weighted by Gasteiger charge is 2.23. The number of likely N-dealkylation sites (tertiary alicyclic amines) is 1. The number of hydrogen-bond acceptors (Lipinski definition) is 5. The van der Waals surface area contributed by atoms with Gasteiger partial charge in [0.2, 0.25) is 5.95 Å². The number of piperidine rings is 1. The molecule has 1 aliphatic rings. The van der Waals surface area contributed by atoms with Crippen molar-refractivity contribution < 1.29 is 4.79 Å². The Balaban J connectivity index is 1.75. The molecule has 1 aliphatic heterocycles. The largest absolute Gasteiger partial charge is 0.372 e. The van der Waals surface area contributed by atoms with Crippen molar-refractivity contribution >= 4 is 23.2 Å². The number of amides is 1. The van der Waals surface area contributed by atoms with Gasteiger partial charge in [-0.15, -0.1) is 0 Å². The number of hydrogen-bond donors (Lipinski definition) is 1. The summed E-state index contributed by atoms with van der Waals surface area (Å²) in [5.41, 5.74) is 3.34. The van der Waals surface area contributed by atoms with E-state index >= 15 is 0 Å². The van der Waals surface area contributed by atoms with Crippen molar-refractivity contribution in [2.45, 2.75) is 40.5 Å². The third-order valence-corrected chi connectivity index (χ3v) is 5.27. The molecule has 1 aromatic carbocycles. The van der Waals surface area contributed by atoms with Crippen LogP contribution in [-0.2, 0) is 0 Å². The van der Waals surface area contributed by atoms with Gasteiger partial charge in [-0.25, -0.2) is 9.97 Å². The van der Waals surface area contributed by atoms with E-state index < -0.39 is 0 Å². The average Bonchev–Trinajstić information content (AvgIpc) is 2.69. The number of nitrogens with one attached hydrogen (secondary N) is 1. The van der Waals surface area contributed by atoms with Crippen LogP contribution in [0.1, 0.15) is 49.8 Å². The van der Waals surface area contributed by atoms with Crippen molar-refractivity contribution in [2.24, 2.45) is 5.92 Å². The Kier molecular flexibility index (Phi) is 6.49. The number of rotatable bonds is 6. The lowest BCUT2D eigenvalue weighted by molar-refractivity contribution is 0.0677. The Bertz CT molecular complexity index is 801. The molecular formula is C22H31N5O. The Morgan fingerprint density at radius 2 is 1.93 bits per heavy atom. The molecule has 0 aliphatic carbocycles. The summed E-state index contributed by atoms with van der Waals surface area (Å²) in [4.78, 5) is 26.1. The quantitative estimate of drug-likeness (QED) is 0.811. The fraction of sp³-hybridized carbons (Fsp3) is 0.500. The van der Waals surface area contributed by atoms with Crippen molar-refractivity contribution in [1.82, 2.24) is 14.9 Å². The van der Waals surface area contributed by atoms with E-state index in [-0.39, 0.29) is 5.91 Å². The molecule has 1 fully saturated rings. The smallest absolute Gasteiger partial charge is 0.272 e. The SMILES string of the molecule is CCN(CC)c1ccc(Nc2nc(C)cc(C(=O)N3CCCC(C)C3)n2)cc1. The molecule has 0 spiro atoms. The first-order valence-electron chi connectivity index (χ1n) is 10.3. The molecule has 150 valence electrons. The zero-order valence-corrected chi connectivity index (χ0v) is 17.4. The van der Waals surface area contributed by atoms with Crippen LogP contribution in [0, 0.1) is 12.8 Å². The van der Waals surface area contributed by atoms with Gasteiger partial charge in [-0.2, -0.15) is 0 Å². The lowest BCUT2D eigenvalue weighted by Gasteiger charge is -2.30. The molecule has 1 unspecified atom stereocenters. The fourth-order valence-electron chi connectivity index (χ4n) is 3.74. The van der Waals surface area contributed by atoms with Crippen LogP contribution in [0.4, 0.5) is 17.3 Å². The lowest BCUT2D eigenvalue weighted by Crippen LogP contribution is -2.39. The molecule has 3 rings (SSSR count). The summed E-state index contributed by atoms with van der Waals surface area (Å²) in [6.45, 7) is 12.0. The van der Waals surface area contributed by atoms with Crippen LogP contribution < -0.4 is 10.2 Å². The molecule has 6 heteroatoms. The molecule has 1 saturated heterocycles. The Labute approximate surface area is 168 Å². The summed E-state index contributed by atoms with van der Waals surface area (Å²) in [6, 6.07) is 10.00. The van der Waals surface area contributed by atoms with Crippen LogP contribution in [0.2, 0.25) is 0 Å². The highest BCUT2D eigenvalue weighted by atomic mass is 16.2. The summed E-state index contributed by atoms with van der Waals surface area (Å²) in [7, 11) is 0. The van der Waals surface area contributed by atoms with Gasteiger partial charge in [0.1, 0.15) is 5.69 Å². The van der Waals surface area contributed by atoms with Crippen LogP contribution in [0.25, 0.3) is 0 Å². The maximum absolute atomic E-state index is 12.9. The predicted molar refractivity (Wildman–Crippen MR) is 114 cm³/mol. The van der Waals surface area contributed by atoms with Gasteiger partial charge in [0.25, 0.3) is 5.91 Å². The van der Waals surface area contributed by atoms with Gasteiger partial charge < -0.3 is 15.1 Å². The summed E-state index contributed by atoms with van der Waals surface area (Å²) < 4.78 is 0. The highest BCUT2D eigenvalue weighted by molar-refractivity contribution is 5.92. The summed E-state index contributed by atoms with van der Waals surface area (Å²) in [5, 5.41) is 3.24. The maximum atomic E-state index is 12.9. The number of benzene rings is 1. The monoisotopic (exact) mass is 381 g/mol. The van der Waals surface area contributed by atoms with E-state index in [1.54, 1.807) is 6.07 Å². The average molecular weight is 382 g/mol. The van der Waals surface area contributed by atoms with E-state index in [1.807, 2.05) is 24.0 Å². The molecule has 2 heterocycles. The summed E-state index contributed by atoms with van der Waals surface area (Å²) >= 11 is 0. The van der Waals surface area contributed by atoms with Gasteiger partial charge in [0.05, 0.1) is 0 Å². The molecule has 1 N–H and O–H groups in total. The molecule has 1 amide bonds. The topological polar surface area (TPSA) is 61.4 Å². The molecule has 1 aromatic heterocycles. The zero-order valence-electron chi connectivity index (χ0n) is 17.4. The van der Waals surface area contributed by atoms with Gasteiger partial charge in [-0.1, -0.05) is 6.92 Å². The van der Waals surface area contributed by atoms with Gasteiger partial charge >= 0.3 is 0 Å². The highest BCUT2D eigenvalue weighted by Crippen LogP contribution is 2.21. The molecule has 0 saturated carbocycles. The van der Waals surface area contributed by atoms with E-state index in [9.17, 15) is 4.79 Å². The van der Waals surface area contributed by atoms with E-state index in [2.05, 4.69) is 53.1 Å². The first-order valence-corrected chi connectivity index (χ1v) is 10.3. The maximum Gasteiger partial charge on any atom is 0.272 e. The number of carbonyl (C=O) groups excluding carboxylic acids is 1. The van der Waals surface area contributed by atoms with Gasteiger partial charge in [0.15, 0.2) is 0 Å². The summed E-state index contributed by atoms with van der Waals surface area (Å²) in [5.74, 6) is 1.00.